The first-order chi connectivity index (χ1) is 10.9. The number of nitrogens with one attached hydrogen (secondary N) is 3. The van der Waals surface area contributed by atoms with Crippen LogP contribution >= 0.6 is 15.9 Å². The van der Waals surface area contributed by atoms with Crippen molar-refractivity contribution in [3.05, 3.63) is 53.0 Å². The standard InChI is InChI=1S/C17H18BrN3O2/c1-11(17(23)21-16-5-3-13(18)4-6-16)19-14-7-9-15(10-8-14)20-12(2)22/h3-11,19H,1-2H3,(H,20,22)(H,21,23)/t11-/m0/s1. The molecule has 3 N–H and O–H groups in total. The first-order valence-electron chi connectivity index (χ1n) is 7.14. The Kier molecular flexibility index (Phi) is 5.76. The molecular weight excluding hydrogens is 358 g/mol. The molecule has 0 aliphatic carbocycles. The van der Waals surface area contributed by atoms with Crippen LogP contribution in [0.15, 0.2) is 53.0 Å². The van der Waals surface area contributed by atoms with Crippen LogP contribution in [0.2, 0.25) is 0 Å². The summed E-state index contributed by atoms with van der Waals surface area (Å²) in [5.74, 6) is -0.244. The second-order valence-corrected chi connectivity index (χ2v) is 6.04. The molecule has 6 heteroatoms. The molecule has 0 heterocycles. The van der Waals surface area contributed by atoms with Crippen molar-refractivity contribution in [3.63, 3.8) is 0 Å². The van der Waals surface area contributed by atoms with Crippen LogP contribution in [0, 0.1) is 0 Å². The molecule has 0 aliphatic rings. The van der Waals surface area contributed by atoms with Crippen LogP contribution in [0.5, 0.6) is 0 Å². The van der Waals surface area contributed by atoms with Gasteiger partial charge in [0.15, 0.2) is 0 Å². The van der Waals surface area contributed by atoms with E-state index in [0.29, 0.717) is 0 Å². The maximum atomic E-state index is 12.2. The van der Waals surface area contributed by atoms with Crippen molar-refractivity contribution >= 4 is 44.8 Å². The minimum atomic E-state index is -0.398. The zero-order valence-electron chi connectivity index (χ0n) is 12.9. The summed E-state index contributed by atoms with van der Waals surface area (Å²) in [6, 6.07) is 14.2. The minimum Gasteiger partial charge on any atom is -0.374 e. The fourth-order valence-electron chi connectivity index (χ4n) is 1.95. The summed E-state index contributed by atoms with van der Waals surface area (Å²) in [5, 5.41) is 8.66. The Bertz CT molecular complexity index is 684. The number of benzene rings is 2. The molecule has 2 amide bonds. The highest BCUT2D eigenvalue weighted by atomic mass is 79.9. The molecule has 5 nitrogen and oxygen atoms in total. The van der Waals surface area contributed by atoms with Gasteiger partial charge >= 0.3 is 0 Å². The van der Waals surface area contributed by atoms with Crippen LogP contribution < -0.4 is 16.0 Å². The van der Waals surface area contributed by atoms with E-state index in [0.717, 1.165) is 21.5 Å². The molecular formula is C17H18BrN3O2. The van der Waals surface area contributed by atoms with Gasteiger partial charge in [-0.15, -0.1) is 0 Å². The number of hydrogen-bond donors (Lipinski definition) is 3. The van der Waals surface area contributed by atoms with Gasteiger partial charge in [-0.25, -0.2) is 0 Å². The fourth-order valence-corrected chi connectivity index (χ4v) is 2.22. The molecule has 0 unspecified atom stereocenters. The van der Waals surface area contributed by atoms with Crippen LogP contribution in [-0.4, -0.2) is 17.9 Å². The third kappa shape index (κ3) is 5.41. The van der Waals surface area contributed by atoms with Crippen molar-refractivity contribution in [2.45, 2.75) is 19.9 Å². The zero-order valence-corrected chi connectivity index (χ0v) is 14.5. The van der Waals surface area contributed by atoms with E-state index in [2.05, 4.69) is 31.9 Å². The molecule has 1 atom stereocenters. The predicted molar refractivity (Wildman–Crippen MR) is 96.6 cm³/mol. The quantitative estimate of drug-likeness (QED) is 0.743. The van der Waals surface area contributed by atoms with E-state index < -0.39 is 6.04 Å². The van der Waals surface area contributed by atoms with Crippen LogP contribution in [-0.2, 0) is 9.59 Å². The lowest BCUT2D eigenvalue weighted by molar-refractivity contribution is -0.116. The number of hydrogen-bond acceptors (Lipinski definition) is 3. The van der Waals surface area contributed by atoms with Crippen molar-refractivity contribution in [2.24, 2.45) is 0 Å². The number of amides is 2. The number of halogens is 1. The van der Waals surface area contributed by atoms with Crippen molar-refractivity contribution < 1.29 is 9.59 Å². The average molecular weight is 376 g/mol. The molecule has 0 aliphatic heterocycles. The summed E-state index contributed by atoms with van der Waals surface area (Å²) in [6.07, 6.45) is 0. The molecule has 0 bridgehead atoms. The van der Waals surface area contributed by atoms with E-state index >= 15 is 0 Å². The van der Waals surface area contributed by atoms with Gasteiger partial charge in [0, 0.05) is 28.5 Å². The number of carbonyl (C=O) groups excluding carboxylic acids is 2. The molecule has 0 radical (unpaired) electrons. The minimum absolute atomic E-state index is 0.118. The number of anilines is 3. The molecule has 0 fully saturated rings. The predicted octanol–water partition coefficient (Wildman–Crippen LogP) is 3.85. The van der Waals surface area contributed by atoms with Gasteiger partial charge in [-0.05, 0) is 55.5 Å². The fraction of sp³-hybridized carbons (Fsp3) is 0.176. The van der Waals surface area contributed by atoms with Gasteiger partial charge in [0.2, 0.25) is 11.8 Å². The van der Waals surface area contributed by atoms with E-state index in [1.54, 1.807) is 19.1 Å². The van der Waals surface area contributed by atoms with E-state index in [9.17, 15) is 9.59 Å². The Balaban J connectivity index is 1.92. The van der Waals surface area contributed by atoms with Crippen LogP contribution in [0.25, 0.3) is 0 Å². The Labute approximate surface area is 143 Å². The lowest BCUT2D eigenvalue weighted by Gasteiger charge is -2.15. The van der Waals surface area contributed by atoms with Gasteiger partial charge in [-0.1, -0.05) is 15.9 Å². The molecule has 120 valence electrons. The second kappa shape index (κ2) is 7.78. The number of carbonyl (C=O) groups is 2. The lowest BCUT2D eigenvalue weighted by Crippen LogP contribution is -2.31. The largest absolute Gasteiger partial charge is 0.374 e. The maximum absolute atomic E-state index is 12.2. The van der Waals surface area contributed by atoms with Gasteiger partial charge in [-0.2, -0.15) is 0 Å². The summed E-state index contributed by atoms with van der Waals surface area (Å²) in [6.45, 7) is 3.25. The zero-order chi connectivity index (χ0) is 16.8. The van der Waals surface area contributed by atoms with Crippen molar-refractivity contribution in [3.8, 4) is 0 Å². The molecule has 0 spiro atoms. The summed E-state index contributed by atoms with van der Waals surface area (Å²) in [7, 11) is 0. The first-order valence-corrected chi connectivity index (χ1v) is 7.94. The monoisotopic (exact) mass is 375 g/mol. The Morgan fingerprint density at radius 3 is 1.91 bits per heavy atom. The molecule has 2 aromatic carbocycles. The molecule has 0 saturated carbocycles. The van der Waals surface area contributed by atoms with Crippen molar-refractivity contribution in [1.82, 2.24) is 0 Å². The molecule has 0 saturated heterocycles. The normalized spacial score (nSPS) is 11.4. The van der Waals surface area contributed by atoms with E-state index in [4.69, 9.17) is 0 Å². The topological polar surface area (TPSA) is 70.2 Å². The van der Waals surface area contributed by atoms with Crippen LogP contribution in [0.1, 0.15) is 13.8 Å². The SMILES string of the molecule is CC(=O)Nc1ccc(N[C@@H](C)C(=O)Nc2ccc(Br)cc2)cc1. The van der Waals surface area contributed by atoms with Gasteiger partial charge in [0.25, 0.3) is 0 Å². The van der Waals surface area contributed by atoms with Gasteiger partial charge in [0.05, 0.1) is 0 Å². The first kappa shape index (κ1) is 17.0. The maximum Gasteiger partial charge on any atom is 0.246 e. The third-order valence-electron chi connectivity index (χ3n) is 3.09. The summed E-state index contributed by atoms with van der Waals surface area (Å²) >= 11 is 3.35. The molecule has 2 aromatic rings. The van der Waals surface area contributed by atoms with Crippen molar-refractivity contribution in [1.29, 1.82) is 0 Å². The lowest BCUT2D eigenvalue weighted by atomic mass is 10.2. The molecule has 0 aromatic heterocycles. The highest BCUT2D eigenvalue weighted by Crippen LogP contribution is 2.16. The van der Waals surface area contributed by atoms with Gasteiger partial charge in [-0.3, -0.25) is 9.59 Å². The van der Waals surface area contributed by atoms with E-state index in [1.807, 2.05) is 36.4 Å². The van der Waals surface area contributed by atoms with E-state index in [1.165, 1.54) is 6.92 Å². The molecule has 2 rings (SSSR count). The highest BCUT2D eigenvalue weighted by molar-refractivity contribution is 9.10. The summed E-state index contributed by atoms with van der Waals surface area (Å²) in [5.41, 5.74) is 2.26. The third-order valence-corrected chi connectivity index (χ3v) is 3.62. The number of rotatable bonds is 5. The van der Waals surface area contributed by atoms with Crippen LogP contribution in [0.3, 0.4) is 0 Å². The van der Waals surface area contributed by atoms with Crippen LogP contribution in [0.4, 0.5) is 17.1 Å². The molecule has 23 heavy (non-hydrogen) atoms. The van der Waals surface area contributed by atoms with Gasteiger partial charge < -0.3 is 16.0 Å². The Morgan fingerprint density at radius 2 is 1.35 bits per heavy atom. The second-order valence-electron chi connectivity index (χ2n) is 5.12. The summed E-state index contributed by atoms with van der Waals surface area (Å²) < 4.78 is 0.959. The smallest absolute Gasteiger partial charge is 0.246 e. The highest BCUT2D eigenvalue weighted by Gasteiger charge is 2.12. The van der Waals surface area contributed by atoms with Gasteiger partial charge in [0.1, 0.15) is 6.04 Å². The van der Waals surface area contributed by atoms with Crippen molar-refractivity contribution in [2.75, 3.05) is 16.0 Å². The Hall–Kier alpha value is -2.34. The Morgan fingerprint density at radius 1 is 0.870 bits per heavy atom. The average Bonchev–Trinajstić information content (AvgIpc) is 2.51. The summed E-state index contributed by atoms with van der Waals surface area (Å²) in [4.78, 5) is 23.1. The van der Waals surface area contributed by atoms with E-state index in [-0.39, 0.29) is 11.8 Å².